The van der Waals surface area contributed by atoms with Crippen LogP contribution in [0.5, 0.6) is 0 Å². The first-order valence-electron chi connectivity index (χ1n) is 8.57. The number of nitrogens with one attached hydrogen (secondary N) is 2. The monoisotopic (exact) mass is 441 g/mol. The number of methoxy groups -OCH3 is 1. The number of halogens is 1. The van der Waals surface area contributed by atoms with Crippen LogP contribution >= 0.6 is 24.0 Å². The van der Waals surface area contributed by atoms with Crippen molar-refractivity contribution in [3.05, 3.63) is 0 Å². The van der Waals surface area contributed by atoms with Crippen LogP contribution < -0.4 is 10.6 Å². The minimum Gasteiger partial charge on any atom is -0.385 e. The summed E-state index contributed by atoms with van der Waals surface area (Å²) >= 11 is 0. The summed E-state index contributed by atoms with van der Waals surface area (Å²) in [6, 6.07) is 0. The van der Waals surface area contributed by atoms with E-state index in [2.05, 4.69) is 41.3 Å². The molecule has 23 heavy (non-hydrogen) atoms. The van der Waals surface area contributed by atoms with Crippen LogP contribution in [-0.4, -0.2) is 88.9 Å². The highest BCUT2D eigenvalue weighted by Gasteiger charge is 2.15. The van der Waals surface area contributed by atoms with Crippen molar-refractivity contribution in [1.29, 1.82) is 0 Å². The van der Waals surface area contributed by atoms with E-state index < -0.39 is 0 Å². The van der Waals surface area contributed by atoms with Crippen LogP contribution in [0.25, 0.3) is 0 Å². The molecule has 1 atom stereocenters. The summed E-state index contributed by atoms with van der Waals surface area (Å²) < 4.78 is 5.06. The Bertz CT molecular complexity index is 309. The smallest absolute Gasteiger partial charge is 0.191 e. The molecule has 0 aromatic heterocycles. The van der Waals surface area contributed by atoms with Crippen molar-refractivity contribution in [1.82, 2.24) is 20.4 Å². The minimum absolute atomic E-state index is 0. The Morgan fingerprint density at radius 1 is 1.22 bits per heavy atom. The molecule has 6 nitrogen and oxygen atoms in total. The molecular formula is C16H36IN5O. The summed E-state index contributed by atoms with van der Waals surface area (Å²) in [7, 11) is 3.93. The summed E-state index contributed by atoms with van der Waals surface area (Å²) in [6.07, 6.45) is 0.998. The molecule has 1 fully saturated rings. The Hall–Kier alpha value is -0.120. The summed E-state index contributed by atoms with van der Waals surface area (Å²) in [5, 5.41) is 6.66. The van der Waals surface area contributed by atoms with Crippen molar-refractivity contribution in [3.63, 3.8) is 0 Å². The summed E-state index contributed by atoms with van der Waals surface area (Å²) in [5.74, 6) is 1.50. The van der Waals surface area contributed by atoms with E-state index in [1.807, 2.05) is 0 Å². The number of nitrogens with zero attached hydrogens (tertiary/aromatic N) is 3. The Balaban J connectivity index is 0.00000484. The first-order chi connectivity index (χ1) is 10.7. The highest BCUT2D eigenvalue weighted by Crippen LogP contribution is 2.04. The van der Waals surface area contributed by atoms with E-state index in [1.165, 1.54) is 26.2 Å². The van der Waals surface area contributed by atoms with Gasteiger partial charge in [-0.3, -0.25) is 4.99 Å². The topological polar surface area (TPSA) is 52.1 Å². The highest BCUT2D eigenvalue weighted by molar-refractivity contribution is 14.0. The van der Waals surface area contributed by atoms with Gasteiger partial charge < -0.3 is 25.2 Å². The molecule has 0 aliphatic carbocycles. The van der Waals surface area contributed by atoms with E-state index in [0.29, 0.717) is 5.92 Å². The molecule has 1 aliphatic rings. The quantitative estimate of drug-likeness (QED) is 0.243. The number of guanidine groups is 1. The molecule has 1 saturated heterocycles. The fraction of sp³-hybridized carbons (Fsp3) is 0.938. The molecule has 0 aromatic carbocycles. The van der Waals surface area contributed by atoms with Crippen LogP contribution in [0.4, 0.5) is 0 Å². The fourth-order valence-corrected chi connectivity index (χ4v) is 2.54. The average Bonchev–Trinajstić information content (AvgIpc) is 2.51. The summed E-state index contributed by atoms with van der Waals surface area (Å²) in [6.45, 7) is 13.7. The second-order valence-corrected chi connectivity index (χ2v) is 6.20. The second-order valence-electron chi connectivity index (χ2n) is 6.20. The maximum absolute atomic E-state index is 5.06. The normalized spacial score (nSPS) is 18.3. The third-order valence-electron chi connectivity index (χ3n) is 3.89. The van der Waals surface area contributed by atoms with Crippen molar-refractivity contribution in [2.75, 3.05) is 73.1 Å². The number of hydrogen-bond acceptors (Lipinski definition) is 4. The lowest BCUT2D eigenvalue weighted by molar-refractivity contribution is 0.140. The zero-order chi connectivity index (χ0) is 16.2. The molecule has 1 heterocycles. The first-order valence-corrected chi connectivity index (χ1v) is 8.57. The van der Waals surface area contributed by atoms with Gasteiger partial charge in [0.15, 0.2) is 5.96 Å². The average molecular weight is 441 g/mol. The summed E-state index contributed by atoms with van der Waals surface area (Å²) in [5.41, 5.74) is 0. The second kappa shape index (κ2) is 14.2. The number of rotatable bonds is 9. The molecular weight excluding hydrogens is 405 g/mol. The lowest BCUT2D eigenvalue weighted by Crippen LogP contribution is -2.46. The predicted molar refractivity (Wildman–Crippen MR) is 109 cm³/mol. The highest BCUT2D eigenvalue weighted by atomic mass is 127. The van der Waals surface area contributed by atoms with Crippen LogP contribution in [0.2, 0.25) is 0 Å². The molecule has 0 radical (unpaired) electrons. The van der Waals surface area contributed by atoms with Gasteiger partial charge in [-0.05, 0) is 26.3 Å². The molecule has 0 bridgehead atoms. The van der Waals surface area contributed by atoms with Gasteiger partial charge >= 0.3 is 0 Å². The standard InChI is InChI=1S/C16H35N5O.HI/c1-5-17-16(18-7-6-12-22-4)19-13-15(2)14-21-10-8-20(3)9-11-21;/h15H,5-14H2,1-4H3,(H2,17,18,19);1H. The fourth-order valence-electron chi connectivity index (χ4n) is 2.54. The van der Waals surface area contributed by atoms with Crippen molar-refractivity contribution in [2.45, 2.75) is 20.3 Å². The molecule has 7 heteroatoms. The van der Waals surface area contributed by atoms with Crippen LogP contribution in [0.3, 0.4) is 0 Å². The molecule has 138 valence electrons. The SMILES string of the molecule is CCNC(=NCC(C)CN1CCN(C)CC1)NCCCOC.I. The third-order valence-corrected chi connectivity index (χ3v) is 3.89. The van der Waals surface area contributed by atoms with Crippen LogP contribution in [0.1, 0.15) is 20.3 Å². The van der Waals surface area contributed by atoms with Gasteiger partial charge in [-0.2, -0.15) is 0 Å². The van der Waals surface area contributed by atoms with Gasteiger partial charge in [0.2, 0.25) is 0 Å². The number of piperazine rings is 1. The van der Waals surface area contributed by atoms with E-state index in [-0.39, 0.29) is 24.0 Å². The largest absolute Gasteiger partial charge is 0.385 e. The minimum atomic E-state index is 0. The first kappa shape index (κ1) is 22.9. The molecule has 0 aromatic rings. The Morgan fingerprint density at radius 2 is 1.91 bits per heavy atom. The van der Waals surface area contributed by atoms with Crippen LogP contribution in [-0.2, 0) is 4.74 Å². The summed E-state index contributed by atoms with van der Waals surface area (Å²) in [4.78, 5) is 9.66. The Labute approximate surface area is 159 Å². The van der Waals surface area contributed by atoms with Gasteiger partial charge in [0, 0.05) is 66.1 Å². The predicted octanol–water partition coefficient (Wildman–Crippen LogP) is 1.08. The van der Waals surface area contributed by atoms with Crippen LogP contribution in [0.15, 0.2) is 4.99 Å². The number of ether oxygens (including phenoxy) is 1. The van der Waals surface area contributed by atoms with E-state index in [4.69, 9.17) is 9.73 Å². The van der Waals surface area contributed by atoms with Crippen molar-refractivity contribution in [3.8, 4) is 0 Å². The van der Waals surface area contributed by atoms with E-state index >= 15 is 0 Å². The van der Waals surface area contributed by atoms with Crippen molar-refractivity contribution < 1.29 is 4.74 Å². The van der Waals surface area contributed by atoms with Gasteiger partial charge in [0.25, 0.3) is 0 Å². The van der Waals surface area contributed by atoms with Gasteiger partial charge in [-0.1, -0.05) is 6.92 Å². The zero-order valence-electron chi connectivity index (χ0n) is 15.3. The number of aliphatic imine (C=N–C) groups is 1. The lowest BCUT2D eigenvalue weighted by atomic mass is 10.1. The van der Waals surface area contributed by atoms with Gasteiger partial charge in [0.05, 0.1) is 0 Å². The molecule has 0 amide bonds. The van der Waals surface area contributed by atoms with E-state index in [9.17, 15) is 0 Å². The molecule has 1 aliphatic heterocycles. The van der Waals surface area contributed by atoms with Gasteiger partial charge in [-0.25, -0.2) is 0 Å². The zero-order valence-corrected chi connectivity index (χ0v) is 17.6. The molecule has 0 spiro atoms. The molecule has 1 unspecified atom stereocenters. The lowest BCUT2D eigenvalue weighted by Gasteiger charge is -2.33. The van der Waals surface area contributed by atoms with Crippen molar-refractivity contribution >= 4 is 29.9 Å². The Kier molecular flexibility index (Phi) is 14.2. The molecule has 2 N–H and O–H groups in total. The van der Waals surface area contributed by atoms with E-state index in [0.717, 1.165) is 45.2 Å². The van der Waals surface area contributed by atoms with Crippen LogP contribution in [0, 0.1) is 5.92 Å². The van der Waals surface area contributed by atoms with E-state index in [1.54, 1.807) is 7.11 Å². The van der Waals surface area contributed by atoms with Gasteiger partial charge in [-0.15, -0.1) is 24.0 Å². The number of likely N-dealkylation sites (N-methyl/N-ethyl adjacent to an activating group) is 1. The number of hydrogen-bond donors (Lipinski definition) is 2. The third kappa shape index (κ3) is 11.1. The molecule has 1 rings (SSSR count). The van der Waals surface area contributed by atoms with Crippen molar-refractivity contribution in [2.24, 2.45) is 10.9 Å². The molecule has 0 saturated carbocycles. The van der Waals surface area contributed by atoms with Gasteiger partial charge in [0.1, 0.15) is 0 Å². The maximum Gasteiger partial charge on any atom is 0.191 e. The maximum atomic E-state index is 5.06. The Morgan fingerprint density at radius 3 is 2.52 bits per heavy atom.